The number of piperidine rings is 1. The first kappa shape index (κ1) is 17.6. The molecule has 8 heteroatoms. The number of carbonyl (C=O) groups is 1. The lowest BCUT2D eigenvalue weighted by Crippen LogP contribution is -2.43. The van der Waals surface area contributed by atoms with E-state index in [-0.39, 0.29) is 17.9 Å². The first-order valence-electron chi connectivity index (χ1n) is 8.95. The van der Waals surface area contributed by atoms with E-state index in [1.807, 2.05) is 26.0 Å². The number of rotatable bonds is 7. The predicted octanol–water partition coefficient (Wildman–Crippen LogP) is 1.27. The lowest BCUT2D eigenvalue weighted by atomic mass is 9.97. The third-order valence-corrected chi connectivity index (χ3v) is 4.34. The van der Waals surface area contributed by atoms with Crippen molar-refractivity contribution < 1.29 is 9.53 Å². The van der Waals surface area contributed by atoms with Crippen molar-refractivity contribution in [2.24, 2.45) is 5.92 Å². The standard InChI is InChI=1S/C17H26N6O2/c1-13(2)25-10-4-8-18-17(24)14-5-3-9-22(11-14)16-7-6-15-20-19-12-23(15)21-16/h6-7,12-14H,3-5,8-11H2,1-2H3,(H,18,24)/t14-/m0/s1. The van der Waals surface area contributed by atoms with E-state index < -0.39 is 0 Å². The Morgan fingerprint density at radius 1 is 1.44 bits per heavy atom. The number of hydrogen-bond acceptors (Lipinski definition) is 6. The van der Waals surface area contributed by atoms with Crippen LogP contribution in [0.5, 0.6) is 0 Å². The zero-order valence-electron chi connectivity index (χ0n) is 14.9. The maximum atomic E-state index is 12.4. The summed E-state index contributed by atoms with van der Waals surface area (Å²) in [5.74, 6) is 0.980. The molecule has 136 valence electrons. The van der Waals surface area contributed by atoms with Crippen molar-refractivity contribution in [3.05, 3.63) is 18.5 Å². The Labute approximate surface area is 147 Å². The molecule has 3 rings (SSSR count). The summed E-state index contributed by atoms with van der Waals surface area (Å²) in [6, 6.07) is 3.83. The lowest BCUT2D eigenvalue weighted by Gasteiger charge is -2.32. The molecule has 25 heavy (non-hydrogen) atoms. The summed E-state index contributed by atoms with van der Waals surface area (Å²) in [5.41, 5.74) is 0.721. The Kier molecular flexibility index (Phi) is 5.80. The summed E-state index contributed by atoms with van der Waals surface area (Å²) < 4.78 is 7.15. The van der Waals surface area contributed by atoms with Gasteiger partial charge in [-0.25, -0.2) is 0 Å². The second kappa shape index (κ2) is 8.24. The number of nitrogens with one attached hydrogen (secondary N) is 1. The molecule has 2 aromatic heterocycles. The highest BCUT2D eigenvalue weighted by atomic mass is 16.5. The van der Waals surface area contributed by atoms with Gasteiger partial charge in [-0.2, -0.15) is 4.52 Å². The third-order valence-electron chi connectivity index (χ3n) is 4.34. The van der Waals surface area contributed by atoms with E-state index >= 15 is 0 Å². The molecule has 1 saturated heterocycles. The average Bonchev–Trinajstić information content (AvgIpc) is 3.09. The lowest BCUT2D eigenvalue weighted by molar-refractivity contribution is -0.125. The number of amides is 1. The van der Waals surface area contributed by atoms with Crippen molar-refractivity contribution in [1.82, 2.24) is 25.1 Å². The summed E-state index contributed by atoms with van der Waals surface area (Å²) in [4.78, 5) is 14.6. The molecule has 1 aliphatic rings. The maximum Gasteiger partial charge on any atom is 0.224 e. The first-order chi connectivity index (χ1) is 12.1. The van der Waals surface area contributed by atoms with Gasteiger partial charge in [-0.05, 0) is 45.2 Å². The largest absolute Gasteiger partial charge is 0.379 e. The molecule has 1 N–H and O–H groups in total. The third kappa shape index (κ3) is 4.66. The molecule has 3 heterocycles. The molecule has 1 atom stereocenters. The second-order valence-corrected chi connectivity index (χ2v) is 6.67. The normalized spacial score (nSPS) is 18.0. The van der Waals surface area contributed by atoms with Gasteiger partial charge in [-0.1, -0.05) is 0 Å². The van der Waals surface area contributed by atoms with Gasteiger partial charge in [-0.3, -0.25) is 4.79 Å². The summed E-state index contributed by atoms with van der Waals surface area (Å²) in [5, 5.41) is 15.4. The minimum Gasteiger partial charge on any atom is -0.379 e. The van der Waals surface area contributed by atoms with Crippen LogP contribution in [0.3, 0.4) is 0 Å². The Morgan fingerprint density at radius 3 is 3.16 bits per heavy atom. The van der Waals surface area contributed by atoms with Gasteiger partial charge >= 0.3 is 0 Å². The van der Waals surface area contributed by atoms with Crippen LogP contribution in [0.4, 0.5) is 5.82 Å². The minimum absolute atomic E-state index is 0.00169. The number of carbonyl (C=O) groups excluding carboxylic acids is 1. The Morgan fingerprint density at radius 2 is 2.32 bits per heavy atom. The molecule has 0 bridgehead atoms. The number of fused-ring (bicyclic) bond motifs is 1. The minimum atomic E-state index is -0.00169. The van der Waals surface area contributed by atoms with Crippen LogP contribution in [-0.4, -0.2) is 58.1 Å². The van der Waals surface area contributed by atoms with Gasteiger partial charge < -0.3 is 15.0 Å². The van der Waals surface area contributed by atoms with E-state index in [1.54, 1.807) is 10.8 Å². The predicted molar refractivity (Wildman–Crippen MR) is 94.4 cm³/mol. The number of nitrogens with zero attached hydrogens (tertiary/aromatic N) is 5. The van der Waals surface area contributed by atoms with Crippen molar-refractivity contribution >= 4 is 17.4 Å². The molecule has 1 amide bonds. The average molecular weight is 346 g/mol. The summed E-state index contributed by atoms with van der Waals surface area (Å²) >= 11 is 0. The zero-order valence-corrected chi connectivity index (χ0v) is 14.9. The Balaban J connectivity index is 1.51. The molecular formula is C17H26N6O2. The second-order valence-electron chi connectivity index (χ2n) is 6.67. The summed E-state index contributed by atoms with van der Waals surface area (Å²) in [6.07, 6.45) is 4.56. The quantitative estimate of drug-likeness (QED) is 0.760. The molecule has 1 fully saturated rings. The van der Waals surface area contributed by atoms with Crippen molar-refractivity contribution in [2.45, 2.75) is 39.2 Å². The van der Waals surface area contributed by atoms with Crippen molar-refractivity contribution in [1.29, 1.82) is 0 Å². The van der Waals surface area contributed by atoms with Crippen LogP contribution < -0.4 is 10.2 Å². The Bertz CT molecular complexity index is 701. The summed E-state index contributed by atoms with van der Waals surface area (Å²) in [6.45, 7) is 6.97. The van der Waals surface area contributed by atoms with Gasteiger partial charge in [0.2, 0.25) is 5.91 Å². The maximum absolute atomic E-state index is 12.4. The number of hydrogen-bond donors (Lipinski definition) is 1. The number of anilines is 1. The first-order valence-corrected chi connectivity index (χ1v) is 8.95. The van der Waals surface area contributed by atoms with E-state index in [4.69, 9.17) is 4.74 Å². The highest BCUT2D eigenvalue weighted by Gasteiger charge is 2.26. The Hall–Kier alpha value is -2.22. The molecule has 2 aromatic rings. The molecule has 0 aliphatic carbocycles. The van der Waals surface area contributed by atoms with Crippen LogP contribution >= 0.6 is 0 Å². The molecule has 0 unspecified atom stereocenters. The van der Waals surface area contributed by atoms with Gasteiger partial charge in [0.25, 0.3) is 0 Å². The molecule has 1 aliphatic heterocycles. The van der Waals surface area contributed by atoms with Gasteiger partial charge in [-0.15, -0.1) is 15.3 Å². The van der Waals surface area contributed by atoms with Crippen LogP contribution in [0.1, 0.15) is 33.1 Å². The van der Waals surface area contributed by atoms with E-state index in [0.717, 1.165) is 37.3 Å². The topological polar surface area (TPSA) is 84.6 Å². The van der Waals surface area contributed by atoms with Gasteiger partial charge in [0.15, 0.2) is 5.65 Å². The highest BCUT2D eigenvalue weighted by Crippen LogP contribution is 2.21. The molecule has 0 radical (unpaired) electrons. The van der Waals surface area contributed by atoms with Crippen LogP contribution in [0, 0.1) is 5.92 Å². The van der Waals surface area contributed by atoms with Crippen LogP contribution in [0.25, 0.3) is 5.65 Å². The smallest absolute Gasteiger partial charge is 0.224 e. The van der Waals surface area contributed by atoms with Gasteiger partial charge in [0.05, 0.1) is 12.0 Å². The SMILES string of the molecule is CC(C)OCCCNC(=O)[C@H]1CCCN(c2ccc3nncn3n2)C1. The monoisotopic (exact) mass is 346 g/mol. The summed E-state index contributed by atoms with van der Waals surface area (Å²) in [7, 11) is 0. The highest BCUT2D eigenvalue weighted by molar-refractivity contribution is 5.79. The van der Waals surface area contributed by atoms with Crippen LogP contribution in [0.2, 0.25) is 0 Å². The van der Waals surface area contributed by atoms with E-state index in [1.165, 1.54) is 0 Å². The van der Waals surface area contributed by atoms with E-state index in [0.29, 0.717) is 19.7 Å². The van der Waals surface area contributed by atoms with Crippen molar-refractivity contribution in [3.8, 4) is 0 Å². The number of ether oxygens (including phenoxy) is 1. The van der Waals surface area contributed by atoms with Gasteiger partial charge in [0, 0.05) is 26.2 Å². The molecular weight excluding hydrogens is 320 g/mol. The van der Waals surface area contributed by atoms with Crippen molar-refractivity contribution in [2.75, 3.05) is 31.1 Å². The fourth-order valence-corrected chi connectivity index (χ4v) is 3.03. The van der Waals surface area contributed by atoms with E-state index in [9.17, 15) is 4.79 Å². The fraction of sp³-hybridized carbons (Fsp3) is 0.647. The van der Waals surface area contributed by atoms with Crippen molar-refractivity contribution in [3.63, 3.8) is 0 Å². The van der Waals surface area contributed by atoms with Crippen LogP contribution in [-0.2, 0) is 9.53 Å². The zero-order chi connectivity index (χ0) is 17.6. The molecule has 8 nitrogen and oxygen atoms in total. The van der Waals surface area contributed by atoms with Crippen LogP contribution in [0.15, 0.2) is 18.5 Å². The van der Waals surface area contributed by atoms with Gasteiger partial charge in [0.1, 0.15) is 12.1 Å². The van der Waals surface area contributed by atoms with E-state index in [2.05, 4.69) is 25.5 Å². The molecule has 0 saturated carbocycles. The molecule has 0 aromatic carbocycles. The number of aromatic nitrogens is 4. The fourth-order valence-electron chi connectivity index (χ4n) is 3.03. The molecule has 0 spiro atoms.